The maximum absolute atomic E-state index is 9.73. The molecule has 282 valence electrons. The topological polar surface area (TPSA) is 149 Å². The maximum Gasteiger partial charge on any atom is 0.222 e. The number of nitriles is 2. The van der Waals surface area contributed by atoms with Gasteiger partial charge in [0.25, 0.3) is 0 Å². The molecule has 57 heavy (non-hydrogen) atoms. The van der Waals surface area contributed by atoms with Gasteiger partial charge in [0.1, 0.15) is 21.9 Å². The van der Waals surface area contributed by atoms with Crippen LogP contribution in [0.5, 0.6) is 0 Å². The number of nitrogens with one attached hydrogen (secondary N) is 2. The third-order valence-corrected chi connectivity index (χ3v) is 11.8. The van der Waals surface area contributed by atoms with Crippen molar-refractivity contribution in [3.63, 3.8) is 0 Å². The molecule has 0 spiro atoms. The van der Waals surface area contributed by atoms with Crippen LogP contribution in [0.1, 0.15) is 44.4 Å². The average Bonchev–Trinajstić information content (AvgIpc) is 3.85. The Balaban J connectivity index is 0.000000174. The first-order valence-electron chi connectivity index (χ1n) is 17.7. The number of rotatable bonds is 12. The molecule has 8 aromatic rings. The standard InChI is InChI=1S/C21H15Cl2N5S.C21H16ClN5S/c22-15-6-5-13(11-16(15)23)7-9-25-21-26-10-8-17(28-21)14(12-24)20-27-18-3-1-2-4-19(18)29-20;22-15-5-3-4-14(12-15)8-10-24-21-25-11-9-17(27-21)16(13-23)20-26-18-6-1-2-7-19(18)28-20/h1-6,8,10-11,14H,7,9H2,(H,25,26,28);1-7,9,11-12,16H,8,10H2,(H,24,25,27). The average molecular weight is 846 g/mol. The fourth-order valence-corrected chi connectivity index (χ4v) is 8.37. The predicted octanol–water partition coefficient (Wildman–Crippen LogP) is 10.8. The van der Waals surface area contributed by atoms with Crippen LogP contribution in [0.4, 0.5) is 11.9 Å². The molecule has 0 saturated carbocycles. The Bertz CT molecular complexity index is 2660. The summed E-state index contributed by atoms with van der Waals surface area (Å²) < 4.78 is 2.11. The normalized spacial score (nSPS) is 11.9. The van der Waals surface area contributed by atoms with E-state index in [2.05, 4.69) is 52.7 Å². The molecule has 10 nitrogen and oxygen atoms in total. The van der Waals surface area contributed by atoms with Gasteiger partial charge in [-0.1, -0.05) is 77.3 Å². The van der Waals surface area contributed by atoms with Gasteiger partial charge in [-0.05, 0) is 84.6 Å². The predicted molar refractivity (Wildman–Crippen MR) is 231 cm³/mol. The molecule has 2 unspecified atom stereocenters. The number of halogens is 3. The highest BCUT2D eigenvalue weighted by molar-refractivity contribution is 7.19. The molecule has 15 heteroatoms. The van der Waals surface area contributed by atoms with E-state index in [1.54, 1.807) is 30.6 Å². The summed E-state index contributed by atoms with van der Waals surface area (Å²) in [6.45, 7) is 1.29. The molecule has 0 radical (unpaired) electrons. The van der Waals surface area contributed by atoms with Gasteiger partial charge in [-0.3, -0.25) is 0 Å². The van der Waals surface area contributed by atoms with Crippen molar-refractivity contribution in [1.82, 2.24) is 29.9 Å². The van der Waals surface area contributed by atoms with Gasteiger partial charge in [-0.2, -0.15) is 10.5 Å². The lowest BCUT2D eigenvalue weighted by molar-refractivity contribution is 0.917. The van der Waals surface area contributed by atoms with Crippen LogP contribution in [0.3, 0.4) is 0 Å². The minimum absolute atomic E-state index is 0.476. The summed E-state index contributed by atoms with van der Waals surface area (Å²) in [5, 5.41) is 29.2. The smallest absolute Gasteiger partial charge is 0.222 e. The van der Waals surface area contributed by atoms with Crippen molar-refractivity contribution < 1.29 is 0 Å². The highest BCUT2D eigenvalue weighted by atomic mass is 35.5. The molecule has 4 aromatic carbocycles. The number of thiazole rings is 2. The summed E-state index contributed by atoms with van der Waals surface area (Å²) in [6, 6.07) is 37.2. The van der Waals surface area contributed by atoms with Gasteiger partial charge >= 0.3 is 0 Å². The first-order valence-corrected chi connectivity index (χ1v) is 20.5. The summed E-state index contributed by atoms with van der Waals surface area (Å²) in [5.41, 5.74) is 5.26. The monoisotopic (exact) mass is 844 g/mol. The Morgan fingerprint density at radius 2 is 1.09 bits per heavy atom. The molecule has 0 aliphatic rings. The van der Waals surface area contributed by atoms with Gasteiger partial charge in [0.2, 0.25) is 11.9 Å². The summed E-state index contributed by atoms with van der Waals surface area (Å²) in [7, 11) is 0. The fourth-order valence-electron chi connectivity index (χ4n) is 5.78. The lowest BCUT2D eigenvalue weighted by Gasteiger charge is -2.09. The number of nitrogens with zero attached hydrogens (tertiary/aromatic N) is 8. The molecular formula is C42H31Cl3N10S2. The van der Waals surface area contributed by atoms with Crippen molar-refractivity contribution in [2.24, 2.45) is 0 Å². The van der Waals surface area contributed by atoms with Gasteiger partial charge in [0.05, 0.1) is 54.0 Å². The van der Waals surface area contributed by atoms with E-state index in [0.717, 1.165) is 59.4 Å². The Kier molecular flexibility index (Phi) is 13.1. The van der Waals surface area contributed by atoms with Gasteiger partial charge in [0.15, 0.2) is 0 Å². The van der Waals surface area contributed by atoms with Gasteiger partial charge in [-0.25, -0.2) is 29.9 Å². The van der Waals surface area contributed by atoms with E-state index in [1.807, 2.05) is 84.9 Å². The number of benzene rings is 4. The molecular weight excluding hydrogens is 815 g/mol. The summed E-state index contributed by atoms with van der Waals surface area (Å²) in [6.07, 6.45) is 4.86. The first-order chi connectivity index (χ1) is 27.9. The molecule has 0 aliphatic heterocycles. The van der Waals surface area contributed by atoms with Crippen LogP contribution in [0.15, 0.2) is 116 Å². The highest BCUT2D eigenvalue weighted by Gasteiger charge is 2.21. The van der Waals surface area contributed by atoms with Crippen LogP contribution in [0.2, 0.25) is 15.1 Å². The Morgan fingerprint density at radius 3 is 1.58 bits per heavy atom. The molecule has 2 atom stereocenters. The fraction of sp³-hybridized carbons (Fsp3) is 0.143. The molecule has 0 saturated heterocycles. The van der Waals surface area contributed by atoms with E-state index >= 15 is 0 Å². The number of anilines is 2. The Labute approximate surface area is 351 Å². The Morgan fingerprint density at radius 1 is 0.561 bits per heavy atom. The number of fused-ring (bicyclic) bond motifs is 2. The molecule has 0 amide bonds. The third kappa shape index (κ3) is 10.2. The minimum atomic E-state index is -0.536. The highest BCUT2D eigenvalue weighted by Crippen LogP contribution is 2.32. The van der Waals surface area contributed by atoms with Crippen molar-refractivity contribution in [2.75, 3.05) is 23.7 Å². The second-order valence-electron chi connectivity index (χ2n) is 12.5. The zero-order chi connectivity index (χ0) is 39.6. The second kappa shape index (κ2) is 18.9. The maximum atomic E-state index is 9.73. The lowest BCUT2D eigenvalue weighted by Crippen LogP contribution is -2.10. The third-order valence-electron chi connectivity index (χ3n) is 8.59. The number of para-hydroxylation sites is 2. The van der Waals surface area contributed by atoms with Gasteiger partial charge in [0, 0.05) is 30.5 Å². The SMILES string of the molecule is N#CC(c1ccnc(NCCc2ccc(Cl)c(Cl)c2)n1)c1nc2ccccc2s1.N#CC(c1ccnc(NCCc2cccc(Cl)c2)n1)c1nc2ccccc2s1. The van der Waals surface area contributed by atoms with Crippen LogP contribution < -0.4 is 10.6 Å². The van der Waals surface area contributed by atoms with Gasteiger partial charge in [-0.15, -0.1) is 22.7 Å². The molecule has 8 rings (SSSR count). The molecule has 4 aromatic heterocycles. The van der Waals surface area contributed by atoms with Crippen molar-refractivity contribution in [3.05, 3.63) is 163 Å². The van der Waals surface area contributed by atoms with Crippen molar-refractivity contribution in [1.29, 1.82) is 10.5 Å². The quantitative estimate of drug-likeness (QED) is 0.122. The summed E-state index contributed by atoms with van der Waals surface area (Å²) in [4.78, 5) is 26.8. The molecule has 2 N–H and O–H groups in total. The zero-order valence-electron chi connectivity index (χ0n) is 30.0. The van der Waals surface area contributed by atoms with E-state index < -0.39 is 11.8 Å². The largest absolute Gasteiger partial charge is 0.354 e. The van der Waals surface area contributed by atoms with E-state index in [-0.39, 0.29) is 0 Å². The summed E-state index contributed by atoms with van der Waals surface area (Å²) >= 11 is 21.1. The summed E-state index contributed by atoms with van der Waals surface area (Å²) in [5.74, 6) is -0.0790. The van der Waals surface area contributed by atoms with Crippen LogP contribution in [-0.2, 0) is 12.8 Å². The number of hydrogen-bond donors (Lipinski definition) is 2. The van der Waals surface area contributed by atoms with Crippen molar-refractivity contribution in [2.45, 2.75) is 24.7 Å². The van der Waals surface area contributed by atoms with Crippen molar-refractivity contribution in [3.8, 4) is 12.1 Å². The number of aromatic nitrogens is 6. The lowest BCUT2D eigenvalue weighted by atomic mass is 10.1. The van der Waals surface area contributed by atoms with Gasteiger partial charge < -0.3 is 10.6 Å². The zero-order valence-corrected chi connectivity index (χ0v) is 33.9. The molecule has 0 aliphatic carbocycles. The number of hydrogen-bond acceptors (Lipinski definition) is 12. The minimum Gasteiger partial charge on any atom is -0.354 e. The van der Waals surface area contributed by atoms with Crippen LogP contribution in [0.25, 0.3) is 20.4 Å². The van der Waals surface area contributed by atoms with Crippen molar-refractivity contribution >= 4 is 89.8 Å². The van der Waals surface area contributed by atoms with E-state index in [0.29, 0.717) is 46.4 Å². The molecule has 4 heterocycles. The van der Waals surface area contributed by atoms with E-state index in [4.69, 9.17) is 34.8 Å². The molecule has 0 bridgehead atoms. The first kappa shape index (κ1) is 39.5. The van der Waals surface area contributed by atoms with Crippen LogP contribution in [-0.4, -0.2) is 43.0 Å². The van der Waals surface area contributed by atoms with E-state index in [9.17, 15) is 10.5 Å². The molecule has 0 fully saturated rings. The van der Waals surface area contributed by atoms with E-state index in [1.165, 1.54) is 22.7 Å². The second-order valence-corrected chi connectivity index (χ2v) is 15.9. The van der Waals surface area contributed by atoms with Crippen LogP contribution >= 0.6 is 57.5 Å². The Hall–Kier alpha value is -5.73. The van der Waals surface area contributed by atoms with Crippen LogP contribution in [0, 0.1) is 22.7 Å².